The second-order valence-corrected chi connectivity index (χ2v) is 6.21. The fourth-order valence-corrected chi connectivity index (χ4v) is 4.15. The Labute approximate surface area is 110 Å². The van der Waals surface area contributed by atoms with Crippen LogP contribution in [0.3, 0.4) is 0 Å². The molecular formula is C15H25NS. The Hall–Kier alpha value is -0.340. The predicted octanol–water partition coefficient (Wildman–Crippen LogP) is 4.53. The van der Waals surface area contributed by atoms with E-state index in [1.807, 2.05) is 11.3 Å². The van der Waals surface area contributed by atoms with E-state index in [-0.39, 0.29) is 0 Å². The van der Waals surface area contributed by atoms with Crippen LogP contribution < -0.4 is 5.32 Å². The van der Waals surface area contributed by atoms with E-state index in [1.165, 1.54) is 43.2 Å². The molecule has 0 bridgehead atoms. The van der Waals surface area contributed by atoms with E-state index in [0.29, 0.717) is 6.04 Å². The third kappa shape index (κ3) is 2.92. The molecule has 96 valence electrons. The van der Waals surface area contributed by atoms with Gasteiger partial charge in [-0.1, -0.05) is 26.2 Å². The molecule has 2 rings (SSSR count). The molecular weight excluding hydrogens is 226 g/mol. The van der Waals surface area contributed by atoms with Gasteiger partial charge in [-0.05, 0) is 60.5 Å². The Balaban J connectivity index is 2.03. The van der Waals surface area contributed by atoms with Gasteiger partial charge in [0.15, 0.2) is 0 Å². The van der Waals surface area contributed by atoms with Crippen LogP contribution in [0, 0.1) is 18.8 Å². The largest absolute Gasteiger partial charge is 0.313 e. The summed E-state index contributed by atoms with van der Waals surface area (Å²) in [5.74, 6) is 1.84. The van der Waals surface area contributed by atoms with Gasteiger partial charge in [-0.15, -0.1) is 0 Å². The minimum atomic E-state index is 0.582. The molecule has 1 aromatic heterocycles. The van der Waals surface area contributed by atoms with Crippen molar-refractivity contribution < 1.29 is 0 Å². The van der Waals surface area contributed by atoms with Crippen LogP contribution in [0.1, 0.15) is 56.2 Å². The van der Waals surface area contributed by atoms with E-state index < -0.39 is 0 Å². The molecule has 1 aliphatic carbocycles. The molecule has 0 saturated heterocycles. The molecule has 1 N–H and O–H groups in total. The summed E-state index contributed by atoms with van der Waals surface area (Å²) in [5, 5.41) is 8.17. The molecule has 0 aromatic carbocycles. The maximum atomic E-state index is 3.55. The Morgan fingerprint density at radius 1 is 1.29 bits per heavy atom. The zero-order valence-electron chi connectivity index (χ0n) is 11.3. The third-order valence-electron chi connectivity index (χ3n) is 4.48. The van der Waals surface area contributed by atoms with Crippen molar-refractivity contribution >= 4 is 11.3 Å². The van der Waals surface area contributed by atoms with Crippen LogP contribution in [0.2, 0.25) is 0 Å². The summed E-state index contributed by atoms with van der Waals surface area (Å²) >= 11 is 1.84. The van der Waals surface area contributed by atoms with Crippen LogP contribution >= 0.6 is 11.3 Å². The lowest BCUT2D eigenvalue weighted by Gasteiger charge is -2.33. The number of rotatable bonds is 4. The van der Waals surface area contributed by atoms with Crippen molar-refractivity contribution in [1.82, 2.24) is 5.32 Å². The van der Waals surface area contributed by atoms with Gasteiger partial charge in [0.2, 0.25) is 0 Å². The summed E-state index contributed by atoms with van der Waals surface area (Å²) in [5.41, 5.74) is 3.00. The van der Waals surface area contributed by atoms with Gasteiger partial charge in [-0.2, -0.15) is 11.3 Å². The highest BCUT2D eigenvalue weighted by atomic mass is 32.1. The van der Waals surface area contributed by atoms with E-state index in [4.69, 9.17) is 0 Å². The van der Waals surface area contributed by atoms with Crippen molar-refractivity contribution in [1.29, 1.82) is 0 Å². The van der Waals surface area contributed by atoms with Crippen molar-refractivity contribution in [3.63, 3.8) is 0 Å². The summed E-state index contributed by atoms with van der Waals surface area (Å²) in [4.78, 5) is 0. The molecule has 1 heterocycles. The van der Waals surface area contributed by atoms with Crippen molar-refractivity contribution in [3.05, 3.63) is 21.9 Å². The topological polar surface area (TPSA) is 12.0 Å². The number of hydrogen-bond acceptors (Lipinski definition) is 2. The van der Waals surface area contributed by atoms with Crippen LogP contribution in [-0.2, 0) is 0 Å². The second kappa shape index (κ2) is 6.01. The standard InChI is InChI=1S/C15H25NS/c1-4-12-5-7-13(8-6-12)15(16-3)14-10-17-9-11(14)2/h9-10,12-13,15-16H,4-8H2,1-3H3. The molecule has 0 spiro atoms. The average molecular weight is 251 g/mol. The number of aryl methyl sites for hydroxylation is 1. The van der Waals surface area contributed by atoms with E-state index in [9.17, 15) is 0 Å². The highest BCUT2D eigenvalue weighted by Gasteiger charge is 2.28. The van der Waals surface area contributed by atoms with Crippen LogP contribution in [-0.4, -0.2) is 7.05 Å². The van der Waals surface area contributed by atoms with Crippen LogP contribution in [0.5, 0.6) is 0 Å². The van der Waals surface area contributed by atoms with Crippen molar-refractivity contribution in [2.75, 3.05) is 7.05 Å². The maximum Gasteiger partial charge on any atom is 0.0357 e. The zero-order valence-corrected chi connectivity index (χ0v) is 12.1. The molecule has 1 fully saturated rings. The minimum absolute atomic E-state index is 0.582. The number of thiophene rings is 1. The summed E-state index contributed by atoms with van der Waals surface area (Å²) in [6, 6.07) is 0.582. The van der Waals surface area contributed by atoms with Gasteiger partial charge < -0.3 is 5.32 Å². The first-order valence-corrected chi connectivity index (χ1v) is 7.90. The molecule has 0 aliphatic heterocycles. The van der Waals surface area contributed by atoms with Crippen molar-refractivity contribution in [2.45, 2.75) is 52.0 Å². The molecule has 1 nitrogen and oxygen atoms in total. The van der Waals surface area contributed by atoms with Crippen molar-refractivity contribution in [2.24, 2.45) is 11.8 Å². The molecule has 0 radical (unpaired) electrons. The summed E-state index contributed by atoms with van der Waals surface area (Å²) < 4.78 is 0. The molecule has 0 amide bonds. The fourth-order valence-electron chi connectivity index (χ4n) is 3.26. The molecule has 1 atom stereocenters. The monoisotopic (exact) mass is 251 g/mol. The number of nitrogens with one attached hydrogen (secondary N) is 1. The smallest absolute Gasteiger partial charge is 0.0357 e. The SMILES string of the molecule is CCC1CCC(C(NC)c2cscc2C)CC1. The molecule has 2 heteroatoms. The van der Waals surface area contributed by atoms with Crippen LogP contribution in [0.4, 0.5) is 0 Å². The highest BCUT2D eigenvalue weighted by Crippen LogP contribution is 2.39. The summed E-state index contributed by atoms with van der Waals surface area (Å²) in [6.07, 6.45) is 7.04. The van der Waals surface area contributed by atoms with E-state index >= 15 is 0 Å². The van der Waals surface area contributed by atoms with E-state index in [1.54, 1.807) is 0 Å². The summed E-state index contributed by atoms with van der Waals surface area (Å²) in [6.45, 7) is 4.58. The quantitative estimate of drug-likeness (QED) is 0.829. The molecule has 1 aliphatic rings. The van der Waals surface area contributed by atoms with Gasteiger partial charge in [0.25, 0.3) is 0 Å². The Morgan fingerprint density at radius 2 is 2.00 bits per heavy atom. The summed E-state index contributed by atoms with van der Waals surface area (Å²) in [7, 11) is 2.12. The van der Waals surface area contributed by atoms with E-state index in [0.717, 1.165) is 11.8 Å². The molecule has 1 aromatic rings. The molecule has 1 unspecified atom stereocenters. The number of hydrogen-bond donors (Lipinski definition) is 1. The van der Waals surface area contributed by atoms with Crippen LogP contribution in [0.25, 0.3) is 0 Å². The average Bonchev–Trinajstić information content (AvgIpc) is 2.78. The van der Waals surface area contributed by atoms with Gasteiger partial charge in [-0.3, -0.25) is 0 Å². The maximum absolute atomic E-state index is 3.55. The third-order valence-corrected chi connectivity index (χ3v) is 5.36. The molecule has 1 saturated carbocycles. The fraction of sp³-hybridized carbons (Fsp3) is 0.733. The minimum Gasteiger partial charge on any atom is -0.313 e. The van der Waals surface area contributed by atoms with Gasteiger partial charge in [-0.25, -0.2) is 0 Å². The van der Waals surface area contributed by atoms with Gasteiger partial charge >= 0.3 is 0 Å². The van der Waals surface area contributed by atoms with Gasteiger partial charge in [0.1, 0.15) is 0 Å². The lowest BCUT2D eigenvalue weighted by atomic mass is 9.76. The Morgan fingerprint density at radius 3 is 2.47 bits per heavy atom. The van der Waals surface area contributed by atoms with E-state index in [2.05, 4.69) is 37.0 Å². The predicted molar refractivity (Wildman–Crippen MR) is 76.6 cm³/mol. The Kier molecular flexibility index (Phi) is 4.63. The lowest BCUT2D eigenvalue weighted by molar-refractivity contribution is 0.224. The Bertz CT molecular complexity index is 336. The first kappa shape index (κ1) is 13.1. The first-order chi connectivity index (χ1) is 8.26. The first-order valence-electron chi connectivity index (χ1n) is 6.96. The lowest BCUT2D eigenvalue weighted by Crippen LogP contribution is -2.28. The van der Waals surface area contributed by atoms with Gasteiger partial charge in [0.05, 0.1) is 0 Å². The second-order valence-electron chi connectivity index (χ2n) is 5.47. The normalized spacial score (nSPS) is 27.0. The molecule has 17 heavy (non-hydrogen) atoms. The van der Waals surface area contributed by atoms with Crippen molar-refractivity contribution in [3.8, 4) is 0 Å². The van der Waals surface area contributed by atoms with Gasteiger partial charge in [0, 0.05) is 6.04 Å². The van der Waals surface area contributed by atoms with Crippen LogP contribution in [0.15, 0.2) is 10.8 Å². The zero-order chi connectivity index (χ0) is 12.3. The highest BCUT2D eigenvalue weighted by molar-refractivity contribution is 7.08.